The number of rotatable bonds is 3. The first kappa shape index (κ1) is 17.1. The Balaban J connectivity index is 1.75. The highest BCUT2D eigenvalue weighted by Gasteiger charge is 2.08. The highest BCUT2D eigenvalue weighted by molar-refractivity contribution is 9.11. The second-order valence-electron chi connectivity index (χ2n) is 5.69. The van der Waals surface area contributed by atoms with Gasteiger partial charge in [-0.2, -0.15) is 0 Å². The first-order chi connectivity index (χ1) is 12.7. The van der Waals surface area contributed by atoms with E-state index < -0.39 is 0 Å². The molecule has 3 nitrogen and oxygen atoms in total. The van der Waals surface area contributed by atoms with Gasteiger partial charge in [0.1, 0.15) is 0 Å². The average molecular weight is 467 g/mol. The third-order valence-electron chi connectivity index (χ3n) is 3.85. The molecule has 0 aliphatic rings. The smallest absolute Gasteiger partial charge is 0.0894 e. The zero-order valence-corrected chi connectivity index (χ0v) is 16.8. The molecule has 0 unspecified atom stereocenters. The Morgan fingerprint density at radius 2 is 1.08 bits per heavy atom. The van der Waals surface area contributed by atoms with Crippen LogP contribution in [-0.2, 0) is 0 Å². The van der Waals surface area contributed by atoms with Crippen molar-refractivity contribution in [2.75, 3.05) is 0 Å². The van der Waals surface area contributed by atoms with E-state index in [1.54, 1.807) is 6.20 Å². The van der Waals surface area contributed by atoms with Crippen LogP contribution in [0.2, 0.25) is 0 Å². The number of hydrogen-bond donors (Lipinski definition) is 0. The van der Waals surface area contributed by atoms with Crippen LogP contribution in [0.4, 0.5) is 0 Å². The minimum atomic E-state index is 0.823. The van der Waals surface area contributed by atoms with Gasteiger partial charge in [0, 0.05) is 20.7 Å². The summed E-state index contributed by atoms with van der Waals surface area (Å²) >= 11 is 7.06. The fraction of sp³-hybridized carbons (Fsp3) is 0. The fourth-order valence-electron chi connectivity index (χ4n) is 2.67. The molecular weight excluding hydrogens is 454 g/mol. The lowest BCUT2D eigenvalue weighted by Crippen LogP contribution is -1.93. The van der Waals surface area contributed by atoms with Gasteiger partial charge in [0.25, 0.3) is 0 Å². The number of hydrogen-bond acceptors (Lipinski definition) is 3. The van der Waals surface area contributed by atoms with Gasteiger partial charge in [-0.25, -0.2) is 9.97 Å². The maximum atomic E-state index is 4.81. The van der Waals surface area contributed by atoms with E-state index in [1.807, 2.05) is 60.7 Å². The minimum absolute atomic E-state index is 0.823. The number of nitrogens with zero attached hydrogens (tertiary/aromatic N) is 3. The van der Waals surface area contributed by atoms with Gasteiger partial charge in [-0.15, -0.1) is 0 Å². The SMILES string of the molecule is Brc1cc(Br)cc(-c2cccc(-c3cccc(-c4ccccn4)n3)n2)c1. The standard InChI is InChI=1S/C21H13Br2N3/c22-15-11-14(12-16(23)13-15)17-6-3-8-20(25-17)21-9-4-7-19(26-21)18-5-1-2-10-24-18/h1-13H. The number of pyridine rings is 3. The van der Waals surface area contributed by atoms with Gasteiger partial charge in [0.15, 0.2) is 0 Å². The molecule has 3 aromatic heterocycles. The second kappa shape index (κ2) is 7.48. The van der Waals surface area contributed by atoms with Crippen molar-refractivity contribution in [1.82, 2.24) is 15.0 Å². The second-order valence-corrected chi connectivity index (χ2v) is 7.52. The van der Waals surface area contributed by atoms with E-state index in [0.29, 0.717) is 0 Å². The largest absolute Gasteiger partial charge is 0.255 e. The normalized spacial score (nSPS) is 10.7. The zero-order valence-electron chi connectivity index (χ0n) is 13.6. The van der Waals surface area contributed by atoms with Crippen molar-refractivity contribution < 1.29 is 0 Å². The van der Waals surface area contributed by atoms with Gasteiger partial charge in [-0.1, -0.05) is 50.1 Å². The summed E-state index contributed by atoms with van der Waals surface area (Å²) < 4.78 is 2.01. The van der Waals surface area contributed by atoms with Crippen molar-refractivity contribution in [2.45, 2.75) is 0 Å². The van der Waals surface area contributed by atoms with Crippen LogP contribution in [0.3, 0.4) is 0 Å². The molecule has 0 fully saturated rings. The topological polar surface area (TPSA) is 38.7 Å². The van der Waals surface area contributed by atoms with Crippen LogP contribution in [0.15, 0.2) is 87.9 Å². The van der Waals surface area contributed by atoms with Gasteiger partial charge >= 0.3 is 0 Å². The van der Waals surface area contributed by atoms with E-state index in [2.05, 4.69) is 49.0 Å². The maximum absolute atomic E-state index is 4.81. The van der Waals surface area contributed by atoms with Crippen LogP contribution in [0, 0.1) is 0 Å². The van der Waals surface area contributed by atoms with Crippen molar-refractivity contribution >= 4 is 31.9 Å². The van der Waals surface area contributed by atoms with E-state index in [1.165, 1.54) is 0 Å². The van der Waals surface area contributed by atoms with Crippen LogP contribution in [0.25, 0.3) is 34.0 Å². The molecule has 3 heterocycles. The molecule has 26 heavy (non-hydrogen) atoms. The summed E-state index contributed by atoms with van der Waals surface area (Å²) in [4.78, 5) is 13.9. The van der Waals surface area contributed by atoms with Crippen molar-refractivity contribution in [1.29, 1.82) is 0 Å². The summed E-state index contributed by atoms with van der Waals surface area (Å²) in [6.07, 6.45) is 1.77. The summed E-state index contributed by atoms with van der Waals surface area (Å²) in [5.74, 6) is 0. The Bertz CT molecular complexity index is 1050. The van der Waals surface area contributed by atoms with Crippen LogP contribution in [0.1, 0.15) is 0 Å². The van der Waals surface area contributed by atoms with Crippen molar-refractivity contribution in [3.8, 4) is 34.0 Å². The molecular formula is C21H13Br2N3. The summed E-state index contributed by atoms with van der Waals surface area (Å²) in [5.41, 5.74) is 5.27. The van der Waals surface area contributed by atoms with E-state index in [-0.39, 0.29) is 0 Å². The van der Waals surface area contributed by atoms with Crippen molar-refractivity contribution in [3.63, 3.8) is 0 Å². The van der Waals surface area contributed by atoms with Gasteiger partial charge < -0.3 is 0 Å². The van der Waals surface area contributed by atoms with E-state index >= 15 is 0 Å². The van der Waals surface area contributed by atoms with Crippen LogP contribution >= 0.6 is 31.9 Å². The Morgan fingerprint density at radius 3 is 1.69 bits per heavy atom. The number of halogens is 2. The molecule has 0 saturated heterocycles. The van der Waals surface area contributed by atoms with Crippen LogP contribution < -0.4 is 0 Å². The highest BCUT2D eigenvalue weighted by Crippen LogP contribution is 2.28. The highest BCUT2D eigenvalue weighted by atomic mass is 79.9. The van der Waals surface area contributed by atoms with Crippen molar-refractivity contribution in [3.05, 3.63) is 87.9 Å². The molecule has 4 aromatic rings. The molecule has 0 radical (unpaired) electrons. The molecule has 1 aromatic carbocycles. The van der Waals surface area contributed by atoms with E-state index in [0.717, 1.165) is 43.0 Å². The summed E-state index contributed by atoms with van der Waals surface area (Å²) in [5, 5.41) is 0. The lowest BCUT2D eigenvalue weighted by Gasteiger charge is -2.07. The lowest BCUT2D eigenvalue weighted by molar-refractivity contribution is 1.22. The molecule has 0 amide bonds. The van der Waals surface area contributed by atoms with Crippen molar-refractivity contribution in [2.24, 2.45) is 0 Å². The third kappa shape index (κ3) is 3.74. The number of benzene rings is 1. The molecule has 0 spiro atoms. The molecule has 0 atom stereocenters. The predicted molar refractivity (Wildman–Crippen MR) is 112 cm³/mol. The predicted octanol–water partition coefficient (Wildman–Crippen LogP) is 6.40. The molecule has 0 aliphatic carbocycles. The van der Waals surface area contributed by atoms with E-state index in [4.69, 9.17) is 9.97 Å². The number of aromatic nitrogens is 3. The van der Waals surface area contributed by atoms with Gasteiger partial charge in [0.05, 0.1) is 28.5 Å². The van der Waals surface area contributed by atoms with Gasteiger partial charge in [-0.3, -0.25) is 4.98 Å². The molecule has 126 valence electrons. The summed E-state index contributed by atoms with van der Waals surface area (Å²) in [6.45, 7) is 0. The first-order valence-corrected chi connectivity index (χ1v) is 9.60. The molecule has 0 saturated carbocycles. The van der Waals surface area contributed by atoms with E-state index in [9.17, 15) is 0 Å². The molecule has 0 bridgehead atoms. The summed E-state index contributed by atoms with van der Waals surface area (Å²) in [7, 11) is 0. The Morgan fingerprint density at radius 1 is 0.538 bits per heavy atom. The average Bonchev–Trinajstić information content (AvgIpc) is 2.68. The molecule has 4 rings (SSSR count). The van der Waals surface area contributed by atoms with Gasteiger partial charge in [-0.05, 0) is 54.6 Å². The maximum Gasteiger partial charge on any atom is 0.0894 e. The molecule has 0 aliphatic heterocycles. The Kier molecular flexibility index (Phi) is 4.91. The quantitative estimate of drug-likeness (QED) is 0.350. The lowest BCUT2D eigenvalue weighted by atomic mass is 10.1. The van der Waals surface area contributed by atoms with Crippen LogP contribution in [-0.4, -0.2) is 15.0 Å². The monoisotopic (exact) mass is 465 g/mol. The first-order valence-electron chi connectivity index (χ1n) is 8.01. The molecule has 0 N–H and O–H groups in total. The Hall–Kier alpha value is -2.37. The van der Waals surface area contributed by atoms with Crippen LogP contribution in [0.5, 0.6) is 0 Å². The summed E-state index contributed by atoms with van der Waals surface area (Å²) in [6, 6.07) is 23.8. The minimum Gasteiger partial charge on any atom is -0.255 e. The Labute approximate surface area is 168 Å². The molecule has 5 heteroatoms. The fourth-order valence-corrected chi connectivity index (χ4v) is 3.97. The van der Waals surface area contributed by atoms with Gasteiger partial charge in [0.2, 0.25) is 0 Å². The third-order valence-corrected chi connectivity index (χ3v) is 4.76. The zero-order chi connectivity index (χ0) is 17.9.